The van der Waals surface area contributed by atoms with Crippen LogP contribution in [0.4, 0.5) is 5.69 Å². The molecular weight excluding hydrogens is 364 g/mol. The molecule has 7 heteroatoms. The highest BCUT2D eigenvalue weighted by molar-refractivity contribution is 6.03. The van der Waals surface area contributed by atoms with Crippen LogP contribution in [0.2, 0.25) is 0 Å². The van der Waals surface area contributed by atoms with Crippen LogP contribution in [-0.4, -0.2) is 30.3 Å². The number of aryl methyl sites for hydroxylation is 2. The van der Waals surface area contributed by atoms with Gasteiger partial charge in [0.1, 0.15) is 0 Å². The number of hydrogen-bond donors (Lipinski definition) is 1. The maximum absolute atomic E-state index is 12.8. The SMILES string of the molecule is Cc1cc(C)n2nc(C(=O)Nc3cnn(C45CC6CC(CC(C6)C4)C5)c3)cc2n1. The van der Waals surface area contributed by atoms with Crippen molar-refractivity contribution in [3.05, 3.63) is 41.6 Å². The van der Waals surface area contributed by atoms with E-state index in [1.807, 2.05) is 26.1 Å². The Balaban J connectivity index is 1.25. The van der Waals surface area contributed by atoms with Gasteiger partial charge in [0.2, 0.25) is 0 Å². The van der Waals surface area contributed by atoms with Crippen LogP contribution in [0.15, 0.2) is 24.5 Å². The molecule has 7 nitrogen and oxygen atoms in total. The zero-order valence-corrected chi connectivity index (χ0v) is 16.9. The lowest BCUT2D eigenvalue weighted by Crippen LogP contribution is -2.52. The lowest BCUT2D eigenvalue weighted by Gasteiger charge is -2.56. The van der Waals surface area contributed by atoms with Gasteiger partial charge in [-0.3, -0.25) is 9.48 Å². The van der Waals surface area contributed by atoms with Crippen LogP contribution >= 0.6 is 0 Å². The highest BCUT2D eigenvalue weighted by atomic mass is 16.2. The van der Waals surface area contributed by atoms with Gasteiger partial charge in [-0.05, 0) is 76.2 Å². The molecule has 0 spiro atoms. The lowest BCUT2D eigenvalue weighted by molar-refractivity contribution is -0.0493. The summed E-state index contributed by atoms with van der Waals surface area (Å²) in [6, 6.07) is 3.69. The molecular formula is C22H26N6O. The molecule has 1 amide bonds. The minimum Gasteiger partial charge on any atom is -0.318 e. The summed E-state index contributed by atoms with van der Waals surface area (Å²) in [5, 5.41) is 12.1. The van der Waals surface area contributed by atoms with E-state index in [1.165, 1.54) is 38.5 Å². The van der Waals surface area contributed by atoms with Gasteiger partial charge in [-0.2, -0.15) is 10.2 Å². The summed E-state index contributed by atoms with van der Waals surface area (Å²) in [5.41, 5.74) is 3.84. The number of nitrogens with zero attached hydrogens (tertiary/aromatic N) is 5. The van der Waals surface area contributed by atoms with Gasteiger partial charge in [0.15, 0.2) is 11.3 Å². The first-order chi connectivity index (χ1) is 14.0. The number of rotatable bonds is 3. The standard InChI is InChI=1S/C22H26N6O/c1-13-3-14(2)28-20(24-13)7-19(26-28)21(29)25-18-11-23-27(12-18)22-8-15-4-16(9-22)6-17(5-15)10-22/h3,7,11-12,15-17H,4-6,8-10H2,1-2H3,(H,25,29). The van der Waals surface area contributed by atoms with Gasteiger partial charge in [0.05, 0.1) is 17.4 Å². The zero-order valence-electron chi connectivity index (χ0n) is 16.9. The Morgan fingerprint density at radius 2 is 1.79 bits per heavy atom. The van der Waals surface area contributed by atoms with E-state index in [0.717, 1.165) is 34.8 Å². The van der Waals surface area contributed by atoms with Crippen LogP contribution in [0.5, 0.6) is 0 Å². The maximum atomic E-state index is 12.8. The average molecular weight is 390 g/mol. The van der Waals surface area contributed by atoms with E-state index in [2.05, 4.69) is 25.2 Å². The molecule has 0 aromatic carbocycles. The maximum Gasteiger partial charge on any atom is 0.276 e. The largest absolute Gasteiger partial charge is 0.318 e. The summed E-state index contributed by atoms with van der Waals surface area (Å²) in [6.45, 7) is 3.91. The van der Waals surface area contributed by atoms with Crippen LogP contribution in [0, 0.1) is 31.6 Å². The molecule has 3 aromatic heterocycles. The zero-order chi connectivity index (χ0) is 19.8. The van der Waals surface area contributed by atoms with Crippen molar-refractivity contribution < 1.29 is 4.79 Å². The second-order valence-electron chi connectivity index (χ2n) is 9.61. The van der Waals surface area contributed by atoms with E-state index in [4.69, 9.17) is 0 Å². The first-order valence-electron chi connectivity index (χ1n) is 10.7. The molecule has 7 rings (SSSR count). The number of anilines is 1. The molecule has 4 saturated carbocycles. The van der Waals surface area contributed by atoms with Crippen molar-refractivity contribution in [2.45, 2.75) is 57.9 Å². The Kier molecular flexibility index (Phi) is 3.50. The molecule has 0 atom stereocenters. The monoisotopic (exact) mass is 390 g/mol. The molecule has 0 radical (unpaired) electrons. The predicted octanol–water partition coefficient (Wildman–Crippen LogP) is 3.72. The summed E-state index contributed by atoms with van der Waals surface area (Å²) in [5.74, 6) is 2.36. The molecule has 0 unspecified atom stereocenters. The summed E-state index contributed by atoms with van der Waals surface area (Å²) >= 11 is 0. The second-order valence-corrected chi connectivity index (χ2v) is 9.61. The number of aromatic nitrogens is 5. The molecule has 3 heterocycles. The third-order valence-electron chi connectivity index (χ3n) is 7.30. The normalized spacial score (nSPS) is 30.2. The Labute approximate surface area is 169 Å². The summed E-state index contributed by atoms with van der Waals surface area (Å²) in [7, 11) is 0. The smallest absolute Gasteiger partial charge is 0.276 e. The summed E-state index contributed by atoms with van der Waals surface area (Å²) in [4.78, 5) is 17.2. The van der Waals surface area contributed by atoms with E-state index >= 15 is 0 Å². The van der Waals surface area contributed by atoms with Crippen LogP contribution < -0.4 is 5.32 Å². The number of carbonyl (C=O) groups excluding carboxylic acids is 1. The average Bonchev–Trinajstić information content (AvgIpc) is 3.28. The van der Waals surface area contributed by atoms with Gasteiger partial charge < -0.3 is 5.32 Å². The van der Waals surface area contributed by atoms with Crippen LogP contribution in [-0.2, 0) is 5.54 Å². The van der Waals surface area contributed by atoms with Crippen LogP contribution in [0.1, 0.15) is 60.4 Å². The molecule has 4 fully saturated rings. The molecule has 1 N–H and O–H groups in total. The number of amides is 1. The van der Waals surface area contributed by atoms with Crippen LogP contribution in [0.25, 0.3) is 5.65 Å². The van der Waals surface area contributed by atoms with E-state index in [0.29, 0.717) is 11.3 Å². The molecule has 150 valence electrons. The third-order valence-corrected chi connectivity index (χ3v) is 7.30. The quantitative estimate of drug-likeness (QED) is 0.739. The third kappa shape index (κ3) is 2.70. The van der Waals surface area contributed by atoms with Crippen molar-refractivity contribution in [3.63, 3.8) is 0 Å². The first kappa shape index (κ1) is 17.2. The van der Waals surface area contributed by atoms with Crippen molar-refractivity contribution in [2.24, 2.45) is 17.8 Å². The fraction of sp³-hybridized carbons (Fsp3) is 0.545. The highest BCUT2D eigenvalue weighted by Crippen LogP contribution is 2.58. The van der Waals surface area contributed by atoms with Crippen molar-refractivity contribution in [3.8, 4) is 0 Å². The molecule has 29 heavy (non-hydrogen) atoms. The van der Waals surface area contributed by atoms with E-state index in [-0.39, 0.29) is 11.4 Å². The van der Waals surface area contributed by atoms with Crippen molar-refractivity contribution >= 4 is 17.2 Å². The minimum atomic E-state index is -0.224. The van der Waals surface area contributed by atoms with Crippen molar-refractivity contribution in [1.82, 2.24) is 24.4 Å². The predicted molar refractivity (Wildman–Crippen MR) is 109 cm³/mol. The summed E-state index contributed by atoms with van der Waals surface area (Å²) < 4.78 is 3.87. The Morgan fingerprint density at radius 3 is 2.48 bits per heavy atom. The van der Waals surface area contributed by atoms with Crippen molar-refractivity contribution in [2.75, 3.05) is 5.32 Å². The number of hydrogen-bond acceptors (Lipinski definition) is 4. The molecule has 3 aromatic rings. The fourth-order valence-electron chi connectivity index (χ4n) is 6.59. The van der Waals surface area contributed by atoms with Gasteiger partial charge >= 0.3 is 0 Å². The summed E-state index contributed by atoms with van der Waals surface area (Å²) in [6.07, 6.45) is 11.7. The number of carbonyl (C=O) groups is 1. The lowest BCUT2D eigenvalue weighted by atomic mass is 9.53. The van der Waals surface area contributed by atoms with Gasteiger partial charge in [0, 0.05) is 23.7 Å². The van der Waals surface area contributed by atoms with E-state index in [1.54, 1.807) is 16.8 Å². The highest BCUT2D eigenvalue weighted by Gasteiger charge is 2.52. The molecule has 4 aliphatic rings. The van der Waals surface area contributed by atoms with Gasteiger partial charge in [-0.25, -0.2) is 9.50 Å². The Bertz CT molecular complexity index is 1090. The molecule has 0 saturated heterocycles. The van der Waals surface area contributed by atoms with Gasteiger partial charge in [0.25, 0.3) is 5.91 Å². The topological polar surface area (TPSA) is 77.1 Å². The Hall–Kier alpha value is -2.70. The van der Waals surface area contributed by atoms with Crippen molar-refractivity contribution in [1.29, 1.82) is 0 Å². The fourth-order valence-corrected chi connectivity index (χ4v) is 6.59. The Morgan fingerprint density at radius 1 is 1.10 bits per heavy atom. The molecule has 0 aliphatic heterocycles. The second kappa shape index (κ2) is 5.90. The van der Waals surface area contributed by atoms with Gasteiger partial charge in [-0.1, -0.05) is 0 Å². The minimum absolute atomic E-state index is 0.166. The number of fused-ring (bicyclic) bond motifs is 1. The molecule has 4 bridgehead atoms. The van der Waals surface area contributed by atoms with Gasteiger partial charge in [-0.15, -0.1) is 0 Å². The first-order valence-corrected chi connectivity index (χ1v) is 10.7. The number of nitrogens with one attached hydrogen (secondary N) is 1. The van der Waals surface area contributed by atoms with Crippen LogP contribution in [0.3, 0.4) is 0 Å². The molecule has 4 aliphatic carbocycles. The van der Waals surface area contributed by atoms with E-state index in [9.17, 15) is 4.79 Å². The van der Waals surface area contributed by atoms with E-state index < -0.39 is 0 Å².